The molecule has 2 rings (SSSR count). The maximum Gasteiger partial charge on any atom is 0.261 e. The van der Waals surface area contributed by atoms with Gasteiger partial charge in [-0.3, -0.25) is 4.72 Å². The fourth-order valence-electron chi connectivity index (χ4n) is 1.81. The molecular formula is C16H16N2O3S. The smallest absolute Gasteiger partial charge is 0.261 e. The van der Waals surface area contributed by atoms with E-state index in [1.165, 1.54) is 12.1 Å². The first-order valence-corrected chi connectivity index (χ1v) is 8.30. The highest BCUT2D eigenvalue weighted by Crippen LogP contribution is 2.21. The molecule has 0 bridgehead atoms. The summed E-state index contributed by atoms with van der Waals surface area (Å²) in [6.07, 6.45) is 0.881. The number of nitrogens with one attached hydrogen (secondary N) is 1. The van der Waals surface area contributed by atoms with E-state index in [1.54, 1.807) is 36.4 Å². The number of hydrogen-bond acceptors (Lipinski definition) is 4. The van der Waals surface area contributed by atoms with E-state index in [9.17, 15) is 8.42 Å². The molecule has 5 nitrogen and oxygen atoms in total. The van der Waals surface area contributed by atoms with Crippen LogP contribution in [0.25, 0.3) is 0 Å². The molecule has 0 aliphatic carbocycles. The molecular weight excluding hydrogens is 300 g/mol. The van der Waals surface area contributed by atoms with Gasteiger partial charge in [0.1, 0.15) is 11.8 Å². The summed E-state index contributed by atoms with van der Waals surface area (Å²) in [6.45, 7) is 2.58. The molecule has 2 aromatic carbocycles. The number of ether oxygens (including phenoxy) is 1. The first-order valence-electron chi connectivity index (χ1n) is 6.81. The molecule has 0 aliphatic rings. The predicted molar refractivity (Wildman–Crippen MR) is 84.2 cm³/mol. The summed E-state index contributed by atoms with van der Waals surface area (Å²) in [6, 6.07) is 14.6. The van der Waals surface area contributed by atoms with Crippen LogP contribution in [0.5, 0.6) is 5.75 Å². The molecule has 0 amide bonds. The molecule has 0 aliphatic heterocycles. The van der Waals surface area contributed by atoms with Crippen molar-refractivity contribution in [3.05, 3.63) is 54.1 Å². The van der Waals surface area contributed by atoms with Gasteiger partial charge in [0.15, 0.2) is 0 Å². The molecule has 22 heavy (non-hydrogen) atoms. The fourth-order valence-corrected chi connectivity index (χ4v) is 2.89. The Labute approximate surface area is 130 Å². The molecule has 1 N–H and O–H groups in total. The Bertz CT molecular complexity index is 778. The molecule has 0 unspecified atom stereocenters. The predicted octanol–water partition coefficient (Wildman–Crippen LogP) is 3.15. The van der Waals surface area contributed by atoms with E-state index in [4.69, 9.17) is 10.00 Å². The maximum absolute atomic E-state index is 12.3. The third-order valence-corrected chi connectivity index (χ3v) is 4.28. The number of anilines is 1. The van der Waals surface area contributed by atoms with Gasteiger partial charge in [0.05, 0.1) is 22.8 Å². The molecule has 114 valence electrons. The van der Waals surface area contributed by atoms with Gasteiger partial charge in [-0.2, -0.15) is 5.26 Å². The normalized spacial score (nSPS) is 10.7. The number of hydrogen-bond donors (Lipinski definition) is 1. The van der Waals surface area contributed by atoms with Gasteiger partial charge in [0.25, 0.3) is 10.0 Å². The summed E-state index contributed by atoms with van der Waals surface area (Å²) in [5, 5.41) is 9.00. The number of benzene rings is 2. The molecule has 2 aromatic rings. The summed E-state index contributed by atoms with van der Waals surface area (Å²) in [5.74, 6) is 0.623. The van der Waals surface area contributed by atoms with Crippen LogP contribution in [-0.2, 0) is 10.0 Å². The van der Waals surface area contributed by atoms with Crippen LogP contribution in [0.2, 0.25) is 0 Å². The Morgan fingerprint density at radius 2 is 1.82 bits per heavy atom. The van der Waals surface area contributed by atoms with Crippen LogP contribution in [0.15, 0.2) is 53.4 Å². The molecule has 0 spiro atoms. The van der Waals surface area contributed by atoms with Crippen molar-refractivity contribution in [3.8, 4) is 11.8 Å². The lowest BCUT2D eigenvalue weighted by molar-refractivity contribution is 0.317. The van der Waals surface area contributed by atoms with Gasteiger partial charge in [-0.1, -0.05) is 19.1 Å². The minimum absolute atomic E-state index is 0.115. The number of sulfonamides is 1. The minimum Gasteiger partial charge on any atom is -0.494 e. The standard InChI is InChI=1S/C16H16N2O3S/c1-2-11-21-14-7-9-15(10-8-14)22(19,20)18-16-6-4-3-5-13(16)12-17/h3-10,18H,2,11H2,1H3. The van der Waals surface area contributed by atoms with Crippen LogP contribution in [-0.4, -0.2) is 15.0 Å². The van der Waals surface area contributed by atoms with Crippen molar-refractivity contribution in [1.82, 2.24) is 0 Å². The van der Waals surface area contributed by atoms with E-state index in [1.807, 2.05) is 13.0 Å². The summed E-state index contributed by atoms with van der Waals surface area (Å²) < 4.78 is 32.5. The Morgan fingerprint density at radius 1 is 1.14 bits per heavy atom. The van der Waals surface area contributed by atoms with Crippen molar-refractivity contribution in [1.29, 1.82) is 5.26 Å². The maximum atomic E-state index is 12.3. The minimum atomic E-state index is -3.74. The molecule has 0 radical (unpaired) electrons. The monoisotopic (exact) mass is 316 g/mol. The van der Waals surface area contributed by atoms with E-state index in [0.29, 0.717) is 12.4 Å². The van der Waals surface area contributed by atoms with E-state index in [-0.39, 0.29) is 16.1 Å². The van der Waals surface area contributed by atoms with Gasteiger partial charge in [0.2, 0.25) is 0 Å². The van der Waals surface area contributed by atoms with Crippen molar-refractivity contribution in [3.63, 3.8) is 0 Å². The first-order chi connectivity index (χ1) is 10.6. The van der Waals surface area contributed by atoms with Gasteiger partial charge >= 0.3 is 0 Å². The number of nitrogens with zero attached hydrogens (tertiary/aromatic N) is 1. The average molecular weight is 316 g/mol. The molecule has 0 aromatic heterocycles. The SMILES string of the molecule is CCCOc1ccc(S(=O)(=O)Nc2ccccc2C#N)cc1. The lowest BCUT2D eigenvalue weighted by atomic mass is 10.2. The van der Waals surface area contributed by atoms with Crippen molar-refractivity contribution in [2.45, 2.75) is 18.2 Å². The van der Waals surface area contributed by atoms with Gasteiger partial charge in [-0.25, -0.2) is 8.42 Å². The third kappa shape index (κ3) is 3.77. The molecule has 0 heterocycles. The van der Waals surface area contributed by atoms with Crippen molar-refractivity contribution in [2.24, 2.45) is 0 Å². The van der Waals surface area contributed by atoms with Crippen LogP contribution in [0.4, 0.5) is 5.69 Å². The molecule has 6 heteroatoms. The summed E-state index contributed by atoms with van der Waals surface area (Å²) in [7, 11) is -3.74. The summed E-state index contributed by atoms with van der Waals surface area (Å²) in [5.41, 5.74) is 0.533. The van der Waals surface area contributed by atoms with Gasteiger partial charge in [-0.15, -0.1) is 0 Å². The van der Waals surface area contributed by atoms with E-state index in [2.05, 4.69) is 4.72 Å². The number of rotatable bonds is 6. The van der Waals surface area contributed by atoms with Gasteiger partial charge in [0, 0.05) is 0 Å². The molecule has 0 saturated carbocycles. The Balaban J connectivity index is 2.22. The fraction of sp³-hybridized carbons (Fsp3) is 0.188. The largest absolute Gasteiger partial charge is 0.494 e. The molecule has 0 atom stereocenters. The van der Waals surface area contributed by atoms with Crippen LogP contribution >= 0.6 is 0 Å². The van der Waals surface area contributed by atoms with Crippen LogP contribution in [0.1, 0.15) is 18.9 Å². The van der Waals surface area contributed by atoms with E-state index in [0.717, 1.165) is 6.42 Å². The van der Waals surface area contributed by atoms with E-state index < -0.39 is 10.0 Å². The second kappa shape index (κ2) is 6.96. The number of para-hydroxylation sites is 1. The van der Waals surface area contributed by atoms with Crippen LogP contribution < -0.4 is 9.46 Å². The van der Waals surface area contributed by atoms with Crippen LogP contribution in [0, 0.1) is 11.3 Å². The van der Waals surface area contributed by atoms with Crippen molar-refractivity contribution >= 4 is 15.7 Å². The summed E-state index contributed by atoms with van der Waals surface area (Å²) in [4.78, 5) is 0.115. The Kier molecular flexibility index (Phi) is 5.02. The highest BCUT2D eigenvalue weighted by Gasteiger charge is 2.15. The highest BCUT2D eigenvalue weighted by atomic mass is 32.2. The van der Waals surface area contributed by atoms with Crippen molar-refractivity contribution < 1.29 is 13.2 Å². The highest BCUT2D eigenvalue weighted by molar-refractivity contribution is 7.92. The Morgan fingerprint density at radius 3 is 2.45 bits per heavy atom. The number of nitriles is 1. The zero-order valence-electron chi connectivity index (χ0n) is 12.1. The molecule has 0 fully saturated rings. The van der Waals surface area contributed by atoms with Gasteiger partial charge in [-0.05, 0) is 42.8 Å². The second-order valence-electron chi connectivity index (χ2n) is 4.58. The quantitative estimate of drug-likeness (QED) is 0.888. The first kappa shape index (κ1) is 15.9. The summed E-state index contributed by atoms with van der Waals surface area (Å²) >= 11 is 0. The zero-order chi connectivity index (χ0) is 16.0. The second-order valence-corrected chi connectivity index (χ2v) is 6.27. The van der Waals surface area contributed by atoms with Crippen molar-refractivity contribution in [2.75, 3.05) is 11.3 Å². The average Bonchev–Trinajstić information content (AvgIpc) is 2.53. The zero-order valence-corrected chi connectivity index (χ0v) is 12.9. The topological polar surface area (TPSA) is 79.2 Å². The van der Waals surface area contributed by atoms with E-state index >= 15 is 0 Å². The molecule has 0 saturated heterocycles. The van der Waals surface area contributed by atoms with Crippen LogP contribution in [0.3, 0.4) is 0 Å². The third-order valence-electron chi connectivity index (χ3n) is 2.90. The lowest BCUT2D eigenvalue weighted by Gasteiger charge is -2.10. The Hall–Kier alpha value is -2.52. The lowest BCUT2D eigenvalue weighted by Crippen LogP contribution is -2.13. The van der Waals surface area contributed by atoms with Gasteiger partial charge < -0.3 is 4.74 Å².